The van der Waals surface area contributed by atoms with Crippen LogP contribution in [0.15, 0.2) is 72.9 Å². The molecule has 3 aromatic rings. The number of carbonyl (C=O) groups excluding carboxylic acids is 1. The van der Waals surface area contributed by atoms with Crippen molar-refractivity contribution in [2.45, 2.75) is 26.3 Å². The minimum Gasteiger partial charge on any atom is -0.481 e. The third kappa shape index (κ3) is 5.07. The molecular weight excluding hydrogens is 350 g/mol. The summed E-state index contributed by atoms with van der Waals surface area (Å²) in [4.78, 5) is 23.4. The molecule has 0 atom stereocenters. The van der Waals surface area contributed by atoms with E-state index in [9.17, 15) is 9.59 Å². The Morgan fingerprint density at radius 3 is 2.39 bits per heavy atom. The Labute approximate surface area is 164 Å². The average Bonchev–Trinajstić information content (AvgIpc) is 3.14. The lowest BCUT2D eigenvalue weighted by Gasteiger charge is -2.07. The first-order valence-corrected chi connectivity index (χ1v) is 9.27. The maximum Gasteiger partial charge on any atom is 0.307 e. The molecule has 0 aliphatic heterocycles. The summed E-state index contributed by atoms with van der Waals surface area (Å²) >= 11 is 0. The standard InChI is InChI=1S/C24H23NO3/c1-18-7-13-21(14-8-18)24(28)22-6-4-16-25(22)15-3-2-5-19-9-11-20(12-10-19)17-23(26)27/h2,4-14,16H,3,15,17H2,1H3,(H,26,27). The lowest BCUT2D eigenvalue weighted by Crippen LogP contribution is -2.09. The fourth-order valence-electron chi connectivity index (χ4n) is 3.02. The van der Waals surface area contributed by atoms with E-state index in [1.807, 2.05) is 84.4 Å². The van der Waals surface area contributed by atoms with Gasteiger partial charge in [-0.05, 0) is 36.6 Å². The van der Waals surface area contributed by atoms with Crippen LogP contribution in [-0.2, 0) is 17.8 Å². The Balaban J connectivity index is 1.59. The number of carbonyl (C=O) groups is 2. The molecular formula is C24H23NO3. The van der Waals surface area contributed by atoms with Gasteiger partial charge in [0.05, 0.1) is 12.1 Å². The molecule has 3 rings (SSSR count). The zero-order chi connectivity index (χ0) is 19.9. The Bertz CT molecular complexity index is 979. The number of ketones is 1. The monoisotopic (exact) mass is 373 g/mol. The number of aliphatic carboxylic acids is 1. The molecule has 0 spiro atoms. The summed E-state index contributed by atoms with van der Waals surface area (Å²) in [6, 6.07) is 18.9. The van der Waals surface area contributed by atoms with Gasteiger partial charge in [0.25, 0.3) is 0 Å². The van der Waals surface area contributed by atoms with Crippen molar-refractivity contribution in [3.63, 3.8) is 0 Å². The van der Waals surface area contributed by atoms with Crippen LogP contribution in [-0.4, -0.2) is 21.4 Å². The van der Waals surface area contributed by atoms with Crippen LogP contribution in [0.2, 0.25) is 0 Å². The fourth-order valence-corrected chi connectivity index (χ4v) is 3.02. The summed E-state index contributed by atoms with van der Waals surface area (Å²) in [5.41, 5.74) is 4.33. The zero-order valence-electron chi connectivity index (χ0n) is 15.8. The molecule has 0 saturated carbocycles. The first kappa shape index (κ1) is 19.4. The number of nitrogens with zero attached hydrogens (tertiary/aromatic N) is 1. The van der Waals surface area contributed by atoms with Crippen molar-refractivity contribution in [2.24, 2.45) is 0 Å². The topological polar surface area (TPSA) is 59.3 Å². The van der Waals surface area contributed by atoms with E-state index in [4.69, 9.17) is 5.11 Å². The van der Waals surface area contributed by atoms with Gasteiger partial charge in [0.15, 0.2) is 0 Å². The normalized spacial score (nSPS) is 11.0. The second-order valence-corrected chi connectivity index (χ2v) is 6.79. The first-order valence-electron chi connectivity index (χ1n) is 9.27. The molecule has 0 saturated heterocycles. The van der Waals surface area contributed by atoms with Crippen LogP contribution in [0.5, 0.6) is 0 Å². The third-order valence-corrected chi connectivity index (χ3v) is 4.56. The van der Waals surface area contributed by atoms with Gasteiger partial charge < -0.3 is 9.67 Å². The summed E-state index contributed by atoms with van der Waals surface area (Å²) in [6.45, 7) is 2.72. The summed E-state index contributed by atoms with van der Waals surface area (Å²) in [5, 5.41) is 8.81. The van der Waals surface area contributed by atoms with Crippen molar-refractivity contribution >= 4 is 17.8 Å². The van der Waals surface area contributed by atoms with Crippen molar-refractivity contribution in [2.75, 3.05) is 0 Å². The molecule has 28 heavy (non-hydrogen) atoms. The van der Waals surface area contributed by atoms with Crippen LogP contribution in [0, 0.1) is 6.92 Å². The Morgan fingerprint density at radius 2 is 1.71 bits per heavy atom. The Morgan fingerprint density at radius 1 is 1.00 bits per heavy atom. The smallest absolute Gasteiger partial charge is 0.307 e. The van der Waals surface area contributed by atoms with E-state index >= 15 is 0 Å². The van der Waals surface area contributed by atoms with Gasteiger partial charge >= 0.3 is 5.97 Å². The van der Waals surface area contributed by atoms with Gasteiger partial charge in [-0.2, -0.15) is 0 Å². The minimum atomic E-state index is -0.828. The maximum absolute atomic E-state index is 12.7. The quantitative estimate of drug-likeness (QED) is 0.579. The maximum atomic E-state index is 12.7. The van der Waals surface area contributed by atoms with Crippen molar-refractivity contribution in [3.05, 3.63) is 101 Å². The number of hydrogen-bond donors (Lipinski definition) is 1. The van der Waals surface area contributed by atoms with E-state index in [1.165, 1.54) is 0 Å². The predicted molar refractivity (Wildman–Crippen MR) is 110 cm³/mol. The van der Waals surface area contributed by atoms with Gasteiger partial charge in [-0.3, -0.25) is 9.59 Å². The summed E-state index contributed by atoms with van der Waals surface area (Å²) in [7, 11) is 0. The van der Waals surface area contributed by atoms with Crippen molar-refractivity contribution < 1.29 is 14.7 Å². The molecule has 0 radical (unpaired) electrons. The largest absolute Gasteiger partial charge is 0.481 e. The highest BCUT2D eigenvalue weighted by molar-refractivity contribution is 6.08. The van der Waals surface area contributed by atoms with Gasteiger partial charge in [-0.15, -0.1) is 0 Å². The number of carboxylic acid groups (broad SMARTS) is 1. The van der Waals surface area contributed by atoms with Crippen LogP contribution < -0.4 is 0 Å². The number of hydrogen-bond acceptors (Lipinski definition) is 2. The highest BCUT2D eigenvalue weighted by Gasteiger charge is 2.12. The molecule has 142 valence electrons. The number of aromatic nitrogens is 1. The predicted octanol–water partition coefficient (Wildman–Crippen LogP) is 4.76. The lowest BCUT2D eigenvalue weighted by atomic mass is 10.1. The van der Waals surface area contributed by atoms with Crippen molar-refractivity contribution in [1.82, 2.24) is 4.57 Å². The van der Waals surface area contributed by atoms with Gasteiger partial charge in [-0.25, -0.2) is 0 Å². The molecule has 2 aromatic carbocycles. The average molecular weight is 373 g/mol. The van der Waals surface area contributed by atoms with Gasteiger partial charge in [-0.1, -0.05) is 66.2 Å². The zero-order valence-corrected chi connectivity index (χ0v) is 15.8. The molecule has 0 aliphatic carbocycles. The minimum absolute atomic E-state index is 0.0306. The van der Waals surface area contributed by atoms with Crippen LogP contribution in [0.25, 0.3) is 6.08 Å². The van der Waals surface area contributed by atoms with E-state index in [0.717, 1.165) is 23.1 Å². The summed E-state index contributed by atoms with van der Waals surface area (Å²) < 4.78 is 1.97. The number of carboxylic acids is 1. The molecule has 1 heterocycles. The van der Waals surface area contributed by atoms with Crippen molar-refractivity contribution in [1.29, 1.82) is 0 Å². The molecule has 0 unspecified atom stereocenters. The van der Waals surface area contributed by atoms with Gasteiger partial charge in [0.2, 0.25) is 5.78 Å². The number of benzene rings is 2. The Kier molecular flexibility index (Phi) is 6.22. The highest BCUT2D eigenvalue weighted by atomic mass is 16.4. The molecule has 4 heteroatoms. The molecule has 1 N–H and O–H groups in total. The first-order chi connectivity index (χ1) is 13.5. The van der Waals surface area contributed by atoms with Crippen LogP contribution in [0.3, 0.4) is 0 Å². The van der Waals surface area contributed by atoms with E-state index in [2.05, 4.69) is 6.08 Å². The molecule has 0 bridgehead atoms. The second kappa shape index (κ2) is 9.00. The summed E-state index contributed by atoms with van der Waals surface area (Å²) in [6.07, 6.45) is 6.83. The van der Waals surface area contributed by atoms with Gasteiger partial charge in [0.1, 0.15) is 0 Å². The molecule has 0 fully saturated rings. The SMILES string of the molecule is Cc1ccc(C(=O)c2cccn2CCC=Cc2ccc(CC(=O)O)cc2)cc1. The van der Waals surface area contributed by atoms with E-state index < -0.39 is 5.97 Å². The molecule has 0 aliphatic rings. The van der Waals surface area contributed by atoms with Gasteiger partial charge in [0, 0.05) is 18.3 Å². The Hall–Kier alpha value is -3.40. The van der Waals surface area contributed by atoms with E-state index in [0.29, 0.717) is 17.8 Å². The fraction of sp³-hybridized carbons (Fsp3) is 0.167. The molecule has 4 nitrogen and oxygen atoms in total. The van der Waals surface area contributed by atoms with Crippen molar-refractivity contribution in [3.8, 4) is 0 Å². The second-order valence-electron chi connectivity index (χ2n) is 6.79. The lowest BCUT2D eigenvalue weighted by molar-refractivity contribution is -0.136. The number of allylic oxidation sites excluding steroid dienone is 1. The van der Waals surface area contributed by atoms with E-state index in [1.54, 1.807) is 0 Å². The van der Waals surface area contributed by atoms with Crippen LogP contribution in [0.1, 0.15) is 39.2 Å². The van der Waals surface area contributed by atoms with Crippen LogP contribution >= 0.6 is 0 Å². The number of rotatable bonds is 8. The van der Waals surface area contributed by atoms with Crippen LogP contribution in [0.4, 0.5) is 0 Å². The number of aryl methyl sites for hydroxylation is 2. The van der Waals surface area contributed by atoms with E-state index in [-0.39, 0.29) is 12.2 Å². The highest BCUT2D eigenvalue weighted by Crippen LogP contribution is 2.13. The molecule has 0 amide bonds. The molecule has 1 aromatic heterocycles. The third-order valence-electron chi connectivity index (χ3n) is 4.56. The summed E-state index contributed by atoms with van der Waals surface area (Å²) in [5.74, 6) is -0.797.